The van der Waals surface area contributed by atoms with Crippen LogP contribution in [0.2, 0.25) is 0 Å². The van der Waals surface area contributed by atoms with Crippen molar-refractivity contribution < 1.29 is 23.5 Å². The molecule has 0 bridgehead atoms. The molecular weight excluding hydrogens is 396 g/mol. The lowest BCUT2D eigenvalue weighted by Gasteiger charge is -2.07. The van der Waals surface area contributed by atoms with Crippen LogP contribution in [0.25, 0.3) is 17.3 Å². The lowest BCUT2D eigenvalue weighted by molar-refractivity contribution is -0.111. The smallest absolute Gasteiger partial charge is 0.324 e. The zero-order valence-corrected chi connectivity index (χ0v) is 16.4. The molecule has 7 nitrogen and oxygen atoms in total. The maximum atomic E-state index is 13.2. The summed E-state index contributed by atoms with van der Waals surface area (Å²) in [6, 6.07) is 12.3. The van der Waals surface area contributed by atoms with Crippen molar-refractivity contribution in [3.05, 3.63) is 77.7 Å². The van der Waals surface area contributed by atoms with Crippen molar-refractivity contribution >= 4 is 25.3 Å². The quantitative estimate of drug-likeness (QED) is 0.422. The van der Waals surface area contributed by atoms with E-state index in [1.807, 2.05) is 0 Å². The van der Waals surface area contributed by atoms with Gasteiger partial charge < -0.3 is 15.1 Å². The van der Waals surface area contributed by atoms with E-state index in [9.17, 15) is 13.8 Å². The number of hydrogen-bond donors (Lipinski definition) is 3. The van der Waals surface area contributed by atoms with Gasteiger partial charge in [-0.15, -0.1) is 0 Å². The monoisotopic (exact) mass is 415 g/mol. The molecule has 9 heteroatoms. The summed E-state index contributed by atoms with van der Waals surface area (Å²) in [5.74, 6) is -0.749. The summed E-state index contributed by atoms with van der Waals surface area (Å²) >= 11 is 0. The van der Waals surface area contributed by atoms with Crippen LogP contribution >= 0.6 is 7.60 Å². The van der Waals surface area contributed by atoms with Crippen molar-refractivity contribution in [1.29, 1.82) is 0 Å². The van der Waals surface area contributed by atoms with Gasteiger partial charge >= 0.3 is 7.60 Å². The topological polar surface area (TPSA) is 104 Å². The highest BCUT2D eigenvalue weighted by atomic mass is 31.2. The fraction of sp³-hybridized carbons (Fsp3) is 0.100. The standard InChI is InChI=1S/C20H19FN3O4P/c1-24-20(15-5-8-17(21)9-6-15)16(12-22-24)7-10-19(25)23-18-4-2-3-14(11-18)13-29(26,27)28/h2-12H,13H2,1H3,(H,23,25)(H2,26,27,28)/b10-7+. The number of anilines is 1. The summed E-state index contributed by atoms with van der Waals surface area (Å²) in [7, 11) is -2.44. The molecule has 0 aliphatic rings. The van der Waals surface area contributed by atoms with Gasteiger partial charge in [-0.3, -0.25) is 14.0 Å². The number of rotatable bonds is 6. The first-order valence-corrected chi connectivity index (χ1v) is 10.4. The van der Waals surface area contributed by atoms with E-state index in [0.717, 1.165) is 11.3 Å². The number of benzene rings is 2. The van der Waals surface area contributed by atoms with E-state index < -0.39 is 19.7 Å². The fourth-order valence-corrected chi connectivity index (χ4v) is 3.54. The normalized spacial score (nSPS) is 11.7. The van der Waals surface area contributed by atoms with Gasteiger partial charge in [-0.25, -0.2) is 4.39 Å². The van der Waals surface area contributed by atoms with E-state index in [1.165, 1.54) is 24.3 Å². The number of carbonyl (C=O) groups is 1. The molecule has 0 atom stereocenters. The molecule has 1 aromatic heterocycles. The first-order valence-electron chi connectivity index (χ1n) is 8.62. The van der Waals surface area contributed by atoms with Crippen molar-refractivity contribution in [1.82, 2.24) is 9.78 Å². The summed E-state index contributed by atoms with van der Waals surface area (Å²) in [6.45, 7) is 0. The van der Waals surface area contributed by atoms with Crippen LogP contribution in [0, 0.1) is 5.82 Å². The highest BCUT2D eigenvalue weighted by Gasteiger charge is 2.14. The minimum Gasteiger partial charge on any atom is -0.324 e. The van der Waals surface area contributed by atoms with E-state index in [2.05, 4.69) is 10.4 Å². The molecule has 1 heterocycles. The maximum Gasteiger partial charge on any atom is 0.329 e. The van der Waals surface area contributed by atoms with Gasteiger partial charge in [0.1, 0.15) is 5.82 Å². The lowest BCUT2D eigenvalue weighted by Crippen LogP contribution is -2.08. The highest BCUT2D eigenvalue weighted by molar-refractivity contribution is 7.50. The zero-order valence-electron chi connectivity index (χ0n) is 15.5. The zero-order chi connectivity index (χ0) is 21.0. The maximum absolute atomic E-state index is 13.2. The summed E-state index contributed by atoms with van der Waals surface area (Å²) in [4.78, 5) is 30.4. The van der Waals surface area contributed by atoms with Gasteiger partial charge in [0.25, 0.3) is 0 Å². The van der Waals surface area contributed by atoms with Crippen LogP contribution in [-0.2, 0) is 22.6 Å². The van der Waals surface area contributed by atoms with Crippen LogP contribution in [0.15, 0.2) is 60.8 Å². The second kappa shape index (κ2) is 8.53. The van der Waals surface area contributed by atoms with E-state index in [0.29, 0.717) is 16.8 Å². The SMILES string of the molecule is Cn1ncc(/C=C/C(=O)Nc2cccc(CP(=O)(O)O)c2)c1-c1ccc(F)cc1. The van der Waals surface area contributed by atoms with Crippen LogP contribution in [0.4, 0.5) is 10.1 Å². The van der Waals surface area contributed by atoms with Gasteiger partial charge in [-0.2, -0.15) is 5.10 Å². The molecule has 0 aliphatic heterocycles. The molecule has 0 fully saturated rings. The highest BCUT2D eigenvalue weighted by Crippen LogP contribution is 2.39. The van der Waals surface area contributed by atoms with Crippen LogP contribution in [-0.4, -0.2) is 25.5 Å². The summed E-state index contributed by atoms with van der Waals surface area (Å²) in [6.07, 6.45) is 4.13. The summed E-state index contributed by atoms with van der Waals surface area (Å²) in [5.41, 5.74) is 3.03. The molecule has 150 valence electrons. The Morgan fingerprint density at radius 2 is 1.97 bits per heavy atom. The van der Waals surface area contributed by atoms with Crippen molar-refractivity contribution in [2.24, 2.45) is 7.05 Å². The molecule has 3 N–H and O–H groups in total. The predicted octanol–water partition coefficient (Wildman–Crippen LogP) is 3.56. The third kappa shape index (κ3) is 5.71. The molecule has 0 saturated carbocycles. The third-order valence-corrected chi connectivity index (χ3v) is 4.86. The van der Waals surface area contributed by atoms with E-state index in [1.54, 1.807) is 54.3 Å². The Labute approximate surface area is 166 Å². The first-order chi connectivity index (χ1) is 13.7. The number of hydrogen-bond acceptors (Lipinski definition) is 3. The second-order valence-electron chi connectivity index (χ2n) is 6.42. The van der Waals surface area contributed by atoms with Crippen LogP contribution in [0.3, 0.4) is 0 Å². The van der Waals surface area contributed by atoms with Crippen LogP contribution in [0.1, 0.15) is 11.1 Å². The Balaban J connectivity index is 1.75. The van der Waals surface area contributed by atoms with Crippen molar-refractivity contribution in [2.75, 3.05) is 5.32 Å². The van der Waals surface area contributed by atoms with E-state index >= 15 is 0 Å². The van der Waals surface area contributed by atoms with Crippen molar-refractivity contribution in [2.45, 2.75) is 6.16 Å². The molecule has 0 aliphatic carbocycles. The third-order valence-electron chi connectivity index (χ3n) is 4.08. The predicted molar refractivity (Wildman–Crippen MR) is 108 cm³/mol. The molecule has 1 amide bonds. The number of halogens is 1. The molecule has 0 unspecified atom stereocenters. The Bertz CT molecular complexity index is 1100. The van der Waals surface area contributed by atoms with E-state index in [-0.39, 0.29) is 5.82 Å². The first kappa shape index (κ1) is 20.7. The van der Waals surface area contributed by atoms with Gasteiger partial charge in [0.05, 0.1) is 18.1 Å². The van der Waals surface area contributed by atoms with Crippen LogP contribution < -0.4 is 5.32 Å². The minimum atomic E-state index is -4.19. The van der Waals surface area contributed by atoms with Gasteiger partial charge in [-0.1, -0.05) is 12.1 Å². The second-order valence-corrected chi connectivity index (χ2v) is 8.07. The molecule has 2 aromatic carbocycles. The lowest BCUT2D eigenvalue weighted by atomic mass is 10.1. The Hall–Kier alpha value is -3.06. The average Bonchev–Trinajstić information content (AvgIpc) is 3.00. The Morgan fingerprint density at radius 3 is 2.66 bits per heavy atom. The van der Waals surface area contributed by atoms with Gasteiger partial charge in [0.2, 0.25) is 5.91 Å². The summed E-state index contributed by atoms with van der Waals surface area (Å²) < 4.78 is 25.9. The Morgan fingerprint density at radius 1 is 1.24 bits per heavy atom. The molecular formula is C20H19FN3O4P. The Kier molecular flexibility index (Phi) is 6.08. The molecule has 0 saturated heterocycles. The summed E-state index contributed by atoms with van der Waals surface area (Å²) in [5, 5.41) is 6.85. The van der Waals surface area contributed by atoms with Gasteiger partial charge in [-0.05, 0) is 48.0 Å². The fourth-order valence-electron chi connectivity index (χ4n) is 2.87. The van der Waals surface area contributed by atoms with Crippen molar-refractivity contribution in [3.63, 3.8) is 0 Å². The number of aryl methyl sites for hydroxylation is 1. The molecule has 0 spiro atoms. The molecule has 29 heavy (non-hydrogen) atoms. The van der Waals surface area contributed by atoms with Crippen LogP contribution in [0.5, 0.6) is 0 Å². The number of nitrogens with one attached hydrogen (secondary N) is 1. The van der Waals surface area contributed by atoms with Gasteiger partial charge in [0, 0.05) is 29.9 Å². The molecule has 0 radical (unpaired) electrons. The number of amides is 1. The van der Waals surface area contributed by atoms with Gasteiger partial charge in [0.15, 0.2) is 0 Å². The number of aromatic nitrogens is 2. The molecule has 3 rings (SSSR count). The largest absolute Gasteiger partial charge is 0.329 e. The van der Waals surface area contributed by atoms with Crippen molar-refractivity contribution in [3.8, 4) is 11.3 Å². The molecule has 3 aromatic rings. The number of nitrogens with zero attached hydrogens (tertiary/aromatic N) is 2. The number of carbonyl (C=O) groups excluding carboxylic acids is 1. The average molecular weight is 415 g/mol. The van der Waals surface area contributed by atoms with E-state index in [4.69, 9.17) is 9.79 Å². The minimum absolute atomic E-state index is 0.339.